The topological polar surface area (TPSA) is 38.5 Å². The van der Waals surface area contributed by atoms with Crippen LogP contribution in [0.4, 0.5) is 22.9 Å². The second-order valence-electron chi connectivity index (χ2n) is 17.5. The number of ether oxygens (including phenoxy) is 1. The smallest absolute Gasteiger partial charge is 0.175 e. The molecular formula is C58H42BN5OPt-2. The molecule has 0 N–H and O–H groups in total. The predicted octanol–water partition coefficient (Wildman–Crippen LogP) is 13.6. The van der Waals surface area contributed by atoms with Crippen molar-refractivity contribution in [3.05, 3.63) is 222 Å². The number of nitrogens with zero attached hydrogens (tertiary/aromatic N) is 5. The molecule has 6 nitrogen and oxygen atoms in total. The fourth-order valence-electron chi connectivity index (χ4n) is 9.47. The fourth-order valence-corrected chi connectivity index (χ4v) is 10.5. The first kappa shape index (κ1) is 35.8. The van der Waals surface area contributed by atoms with Crippen molar-refractivity contribution in [2.24, 2.45) is 0 Å². The molecule has 0 fully saturated rings. The van der Waals surface area contributed by atoms with Crippen molar-refractivity contribution in [2.75, 3.05) is 9.62 Å². The van der Waals surface area contributed by atoms with Crippen molar-refractivity contribution in [2.45, 2.75) is 26.2 Å². The van der Waals surface area contributed by atoms with E-state index in [1.807, 2.05) is 83.7 Å². The Kier molecular flexibility index (Phi) is 8.63. The normalized spacial score (nSPS) is 13.6. The van der Waals surface area contributed by atoms with Gasteiger partial charge in [-0.3, -0.25) is 0 Å². The number of aromatic nitrogens is 3. The van der Waals surface area contributed by atoms with E-state index in [4.69, 9.17) is 15.2 Å². The van der Waals surface area contributed by atoms with Crippen LogP contribution in [0.15, 0.2) is 200 Å². The minimum absolute atomic E-state index is 0.0268. The van der Waals surface area contributed by atoms with E-state index in [-0.39, 0.29) is 29.6 Å². The molecule has 0 unspecified atom stereocenters. The summed E-state index contributed by atoms with van der Waals surface area (Å²) >= 11 is 2.45. The number of anilines is 4. The fraction of sp³-hybridized carbons (Fsp3) is 0.0690. The SMILES string of the molecule is [2H]c1c([2H])c([2H])c2c(c1[2H])-c1ccccc1B1N(c3cccc(Oc4[c-]c(-n5[c](=[Pt])n(-c6c(-c7ccccc7)cccc6-c6ccc(C(C)(C)C)cc6)c6ccccc65)ccc4)n3)c3[c-]cccc3N12. The molecular weight excluding hydrogens is 989 g/mol. The van der Waals surface area contributed by atoms with Gasteiger partial charge in [0, 0.05) is 11.3 Å². The first-order valence-corrected chi connectivity index (χ1v) is 23.1. The molecule has 4 heterocycles. The molecule has 0 bridgehead atoms. The average molecular weight is 1030 g/mol. The summed E-state index contributed by atoms with van der Waals surface area (Å²) < 4.78 is 47.6. The van der Waals surface area contributed by atoms with E-state index >= 15 is 0 Å². The van der Waals surface area contributed by atoms with Crippen molar-refractivity contribution < 1.29 is 29.6 Å². The van der Waals surface area contributed by atoms with Gasteiger partial charge in [0.15, 0.2) is 0 Å². The van der Waals surface area contributed by atoms with Crippen LogP contribution in [0.2, 0.25) is 0 Å². The van der Waals surface area contributed by atoms with E-state index in [2.05, 4.69) is 163 Å². The Morgan fingerprint density at radius 3 is 2.09 bits per heavy atom. The molecule has 0 aliphatic carbocycles. The third-order valence-corrected chi connectivity index (χ3v) is 13.5. The van der Waals surface area contributed by atoms with Gasteiger partial charge in [-0.15, -0.1) is 6.07 Å². The van der Waals surface area contributed by atoms with Crippen molar-refractivity contribution >= 4 is 46.4 Å². The van der Waals surface area contributed by atoms with Crippen molar-refractivity contribution in [3.63, 3.8) is 0 Å². The third kappa shape index (κ3) is 6.60. The average Bonchev–Trinajstić information content (AvgIpc) is 3.89. The Bertz CT molecular complexity index is 3800. The second-order valence-corrected chi connectivity index (χ2v) is 18.5. The van der Waals surface area contributed by atoms with Gasteiger partial charge in [-0.25, -0.2) is 0 Å². The van der Waals surface area contributed by atoms with Crippen molar-refractivity contribution in [3.8, 4) is 56.4 Å². The molecule has 12 rings (SSSR count). The van der Waals surface area contributed by atoms with Gasteiger partial charge in [-0.1, -0.05) is 42.4 Å². The molecule has 0 spiro atoms. The second kappa shape index (κ2) is 15.9. The summed E-state index contributed by atoms with van der Waals surface area (Å²) in [5, 5.41) is 0. The summed E-state index contributed by atoms with van der Waals surface area (Å²) in [7, 11) is 0. The van der Waals surface area contributed by atoms with Crippen LogP contribution < -0.4 is 19.8 Å². The quantitative estimate of drug-likeness (QED) is 0.118. The molecule has 2 aromatic heterocycles. The van der Waals surface area contributed by atoms with E-state index in [1.54, 1.807) is 0 Å². The number of para-hydroxylation sites is 5. The molecule has 10 aromatic rings. The third-order valence-electron chi connectivity index (χ3n) is 12.5. The van der Waals surface area contributed by atoms with E-state index in [1.165, 1.54) is 5.56 Å². The van der Waals surface area contributed by atoms with Crippen LogP contribution >= 0.6 is 0 Å². The number of rotatable bonds is 7. The number of pyridine rings is 1. The summed E-state index contributed by atoms with van der Waals surface area (Å²) in [6.45, 7) is 6.20. The molecule has 0 saturated carbocycles. The zero-order valence-corrected chi connectivity index (χ0v) is 38.6. The standard InChI is InChI=1S/C58H42BN5O.Pt/c1-58(2,3)42-36-34-41(35-37-42)46-25-16-24-45(40-18-5-4-6-19-40)57(46)62-39-61(51-28-11-12-29-52(51)62)43-20-15-21-44(38-43)65-56-33-17-32-55(60-56)64-54-31-14-13-30-53(54)63-50-27-10-8-23-48(50)47-22-7-9-26-49(47)59(63)64;/h4-30,32-37H,1-3H3;/q-2;/i8D,10D,23D,27D;. The van der Waals surface area contributed by atoms with Gasteiger partial charge in [0.1, 0.15) is 0 Å². The molecule has 320 valence electrons. The number of benzene rings is 8. The predicted molar refractivity (Wildman–Crippen MR) is 265 cm³/mol. The molecule has 66 heavy (non-hydrogen) atoms. The maximum absolute atomic E-state index is 9.17. The zero-order chi connectivity index (χ0) is 48.0. The summed E-state index contributed by atoms with van der Waals surface area (Å²) in [5.41, 5.74) is 13.7. The van der Waals surface area contributed by atoms with Crippen molar-refractivity contribution in [1.82, 2.24) is 14.1 Å². The van der Waals surface area contributed by atoms with E-state index in [0.717, 1.165) is 70.9 Å². The van der Waals surface area contributed by atoms with Crippen LogP contribution in [-0.2, 0) is 24.8 Å². The van der Waals surface area contributed by atoms with Crippen LogP contribution in [-0.4, -0.2) is 21.1 Å². The summed E-state index contributed by atoms with van der Waals surface area (Å²) in [5.74, 6) is 1.42. The van der Waals surface area contributed by atoms with Crippen molar-refractivity contribution in [1.29, 1.82) is 0 Å². The van der Waals surface area contributed by atoms with Crippen LogP contribution in [0.25, 0.3) is 55.8 Å². The van der Waals surface area contributed by atoms with Crippen LogP contribution in [0.1, 0.15) is 31.8 Å². The molecule has 0 amide bonds. The Morgan fingerprint density at radius 2 is 1.29 bits per heavy atom. The van der Waals surface area contributed by atoms with E-state index in [0.29, 0.717) is 28.7 Å². The Labute approximate surface area is 401 Å². The molecule has 0 radical (unpaired) electrons. The molecule has 8 heteroatoms. The zero-order valence-electron chi connectivity index (χ0n) is 40.3. The molecule has 2 aliphatic rings. The monoisotopic (exact) mass is 1030 g/mol. The Balaban J connectivity index is 0.953. The minimum Gasteiger partial charge on any atom is -0.175 e. The Hall–Kier alpha value is -7.47. The first-order chi connectivity index (χ1) is 34.0. The van der Waals surface area contributed by atoms with Gasteiger partial charge in [0.05, 0.1) is 5.48 Å². The van der Waals surface area contributed by atoms with E-state index in [9.17, 15) is 0 Å². The number of imidazole rings is 1. The van der Waals surface area contributed by atoms with Gasteiger partial charge in [0.2, 0.25) is 0 Å². The minimum atomic E-state index is -0.527. The van der Waals surface area contributed by atoms with Gasteiger partial charge >= 0.3 is 315 Å². The number of hydrogen-bond acceptors (Lipinski definition) is 4. The summed E-state index contributed by atoms with van der Waals surface area (Å²) in [6.07, 6.45) is 0. The van der Waals surface area contributed by atoms with Crippen LogP contribution in [0, 0.1) is 15.9 Å². The molecule has 8 aromatic carbocycles. The molecule has 0 atom stereocenters. The Morgan fingerprint density at radius 1 is 0.606 bits per heavy atom. The van der Waals surface area contributed by atoms with Gasteiger partial charge in [0.25, 0.3) is 0 Å². The molecule has 0 saturated heterocycles. The first-order valence-electron chi connectivity index (χ1n) is 23.9. The summed E-state index contributed by atoms with van der Waals surface area (Å²) in [6, 6.07) is 66.0. The van der Waals surface area contributed by atoms with Crippen LogP contribution in [0.3, 0.4) is 0 Å². The maximum atomic E-state index is 9.17. The van der Waals surface area contributed by atoms with Crippen LogP contribution in [0.5, 0.6) is 11.6 Å². The summed E-state index contributed by atoms with van der Waals surface area (Å²) in [4.78, 5) is 9.19. The number of hydrogen-bond donors (Lipinski definition) is 0. The van der Waals surface area contributed by atoms with E-state index < -0.39 is 6.98 Å². The van der Waals surface area contributed by atoms with Gasteiger partial charge in [-0.2, -0.15) is 12.1 Å². The van der Waals surface area contributed by atoms with Gasteiger partial charge in [-0.05, 0) is 11.6 Å². The molecule has 2 aliphatic heterocycles. The van der Waals surface area contributed by atoms with Gasteiger partial charge < -0.3 is 0 Å². The number of fused-ring (bicyclic) bond motifs is 9.